The molecular formula is C14H28N2O3S2. The quantitative estimate of drug-likeness (QED) is 0.810. The van der Waals surface area contributed by atoms with E-state index in [9.17, 15) is 8.42 Å². The van der Waals surface area contributed by atoms with Crippen molar-refractivity contribution in [2.45, 2.75) is 49.6 Å². The molecule has 2 rings (SSSR count). The van der Waals surface area contributed by atoms with Crippen LogP contribution in [0.1, 0.15) is 32.6 Å². The van der Waals surface area contributed by atoms with E-state index in [0.717, 1.165) is 38.0 Å². The highest BCUT2D eigenvalue weighted by atomic mass is 32.2. The first-order valence-electron chi connectivity index (χ1n) is 7.78. The molecule has 3 atom stereocenters. The molecule has 124 valence electrons. The topological polar surface area (TPSA) is 72.6 Å². The van der Waals surface area contributed by atoms with Gasteiger partial charge in [-0.1, -0.05) is 13.3 Å². The lowest BCUT2D eigenvalue weighted by Crippen LogP contribution is -2.65. The summed E-state index contributed by atoms with van der Waals surface area (Å²) < 4.78 is 30.2. The Labute approximate surface area is 132 Å². The summed E-state index contributed by atoms with van der Waals surface area (Å²) in [5.74, 6) is 1.63. The van der Waals surface area contributed by atoms with E-state index in [4.69, 9.17) is 10.5 Å². The van der Waals surface area contributed by atoms with Crippen molar-refractivity contribution in [3.63, 3.8) is 0 Å². The number of rotatable bonds is 5. The summed E-state index contributed by atoms with van der Waals surface area (Å²) in [7, 11) is -3.09. The Morgan fingerprint density at radius 3 is 2.86 bits per heavy atom. The highest BCUT2D eigenvalue weighted by Gasteiger charge is 2.46. The smallest absolute Gasteiger partial charge is 0.164 e. The summed E-state index contributed by atoms with van der Waals surface area (Å²) in [6.45, 7) is 4.15. The average Bonchev–Trinajstić information content (AvgIpc) is 2.47. The van der Waals surface area contributed by atoms with E-state index in [1.54, 1.807) is 11.8 Å². The van der Waals surface area contributed by atoms with Gasteiger partial charge in [-0.25, -0.2) is 8.42 Å². The normalized spacial score (nSPS) is 35.8. The summed E-state index contributed by atoms with van der Waals surface area (Å²) in [5.41, 5.74) is 5.92. The largest absolute Gasteiger partial charge is 0.378 e. The maximum atomic E-state index is 12.2. The number of nitrogens with zero attached hydrogens (tertiary/aromatic N) is 1. The van der Waals surface area contributed by atoms with Crippen LogP contribution in [0.15, 0.2) is 0 Å². The average molecular weight is 337 g/mol. The van der Waals surface area contributed by atoms with E-state index >= 15 is 0 Å². The fourth-order valence-corrected chi connectivity index (χ4v) is 6.49. The summed E-state index contributed by atoms with van der Waals surface area (Å²) in [6.07, 6.45) is 5.35. The van der Waals surface area contributed by atoms with Gasteiger partial charge in [0, 0.05) is 43.0 Å². The third-order valence-corrected chi connectivity index (χ3v) is 7.35. The number of hydrogen-bond acceptors (Lipinski definition) is 6. The van der Waals surface area contributed by atoms with Crippen LogP contribution in [0.3, 0.4) is 0 Å². The van der Waals surface area contributed by atoms with Gasteiger partial charge in [0.05, 0.1) is 6.10 Å². The minimum atomic E-state index is -3.09. The van der Waals surface area contributed by atoms with Gasteiger partial charge in [0.15, 0.2) is 9.84 Å². The lowest BCUT2D eigenvalue weighted by molar-refractivity contribution is -0.0753. The SMILES string of the molecule is CCCC1CC(CN)(N2CCSCC2S(C)(=O)=O)CCO1. The highest BCUT2D eigenvalue weighted by molar-refractivity contribution is 8.00. The summed E-state index contributed by atoms with van der Waals surface area (Å²) in [6, 6.07) is 0. The Balaban J connectivity index is 2.24. The molecule has 0 amide bonds. The standard InChI is InChI=1S/C14H28N2O3S2/c1-3-4-12-9-14(11-15,5-7-19-12)16-6-8-20-10-13(16)21(2,17)18/h12-13H,3-11,15H2,1-2H3. The van der Waals surface area contributed by atoms with Crippen LogP contribution in [0.5, 0.6) is 0 Å². The molecule has 0 bridgehead atoms. The third-order valence-electron chi connectivity index (χ3n) is 4.71. The summed E-state index contributed by atoms with van der Waals surface area (Å²) >= 11 is 1.72. The van der Waals surface area contributed by atoms with Gasteiger partial charge in [-0.3, -0.25) is 4.90 Å². The maximum absolute atomic E-state index is 12.2. The molecule has 0 aromatic rings. The molecule has 0 aliphatic carbocycles. The molecule has 0 aromatic heterocycles. The predicted octanol–water partition coefficient (Wildman–Crippen LogP) is 1.08. The molecular weight excluding hydrogens is 308 g/mol. The van der Waals surface area contributed by atoms with Gasteiger partial charge in [0.25, 0.3) is 0 Å². The van der Waals surface area contributed by atoms with Crippen molar-refractivity contribution in [2.75, 3.05) is 37.5 Å². The number of nitrogens with two attached hydrogens (primary N) is 1. The molecule has 3 unspecified atom stereocenters. The molecule has 2 aliphatic heterocycles. The lowest BCUT2D eigenvalue weighted by atomic mass is 9.83. The Hall–Kier alpha value is 0.180. The van der Waals surface area contributed by atoms with Crippen molar-refractivity contribution in [3.8, 4) is 0 Å². The maximum Gasteiger partial charge on any atom is 0.164 e. The van der Waals surface area contributed by atoms with E-state index in [1.807, 2.05) is 0 Å². The van der Waals surface area contributed by atoms with Crippen LogP contribution in [-0.4, -0.2) is 67.8 Å². The number of ether oxygens (including phenoxy) is 1. The Morgan fingerprint density at radius 2 is 2.24 bits per heavy atom. The first kappa shape index (κ1) is 17.5. The van der Waals surface area contributed by atoms with Crippen LogP contribution in [0.2, 0.25) is 0 Å². The molecule has 0 radical (unpaired) electrons. The van der Waals surface area contributed by atoms with E-state index < -0.39 is 15.2 Å². The number of sulfone groups is 1. The van der Waals surface area contributed by atoms with Crippen LogP contribution in [-0.2, 0) is 14.6 Å². The van der Waals surface area contributed by atoms with Crippen LogP contribution >= 0.6 is 11.8 Å². The molecule has 5 nitrogen and oxygen atoms in total. The van der Waals surface area contributed by atoms with Crippen molar-refractivity contribution in [2.24, 2.45) is 5.73 Å². The first-order valence-corrected chi connectivity index (χ1v) is 10.9. The monoisotopic (exact) mass is 336 g/mol. The van der Waals surface area contributed by atoms with Crippen LogP contribution in [0.4, 0.5) is 0 Å². The Bertz CT molecular complexity index is 442. The number of hydrogen-bond donors (Lipinski definition) is 1. The predicted molar refractivity (Wildman–Crippen MR) is 88.3 cm³/mol. The van der Waals surface area contributed by atoms with Crippen LogP contribution in [0.25, 0.3) is 0 Å². The molecule has 2 aliphatic rings. The zero-order valence-corrected chi connectivity index (χ0v) is 14.7. The molecule has 2 heterocycles. The number of thioether (sulfide) groups is 1. The van der Waals surface area contributed by atoms with Crippen molar-refractivity contribution in [3.05, 3.63) is 0 Å². The van der Waals surface area contributed by atoms with Crippen LogP contribution in [0, 0.1) is 0 Å². The van der Waals surface area contributed by atoms with Gasteiger partial charge in [0.1, 0.15) is 5.37 Å². The molecule has 0 saturated carbocycles. The molecule has 21 heavy (non-hydrogen) atoms. The van der Waals surface area contributed by atoms with Crippen molar-refractivity contribution in [1.82, 2.24) is 4.90 Å². The molecule has 7 heteroatoms. The van der Waals surface area contributed by atoms with Gasteiger partial charge < -0.3 is 10.5 Å². The van der Waals surface area contributed by atoms with E-state index in [0.29, 0.717) is 18.9 Å². The lowest BCUT2D eigenvalue weighted by Gasteiger charge is -2.52. The van der Waals surface area contributed by atoms with E-state index in [-0.39, 0.29) is 11.6 Å². The first-order chi connectivity index (χ1) is 9.93. The van der Waals surface area contributed by atoms with Crippen molar-refractivity contribution < 1.29 is 13.2 Å². The Morgan fingerprint density at radius 1 is 1.48 bits per heavy atom. The molecule has 0 aromatic carbocycles. The van der Waals surface area contributed by atoms with Gasteiger partial charge in [-0.2, -0.15) is 11.8 Å². The van der Waals surface area contributed by atoms with Gasteiger partial charge >= 0.3 is 0 Å². The third kappa shape index (κ3) is 3.93. The second-order valence-electron chi connectivity index (χ2n) is 6.22. The fourth-order valence-electron chi connectivity index (χ4n) is 3.55. The van der Waals surface area contributed by atoms with E-state index in [1.165, 1.54) is 6.26 Å². The van der Waals surface area contributed by atoms with Crippen molar-refractivity contribution >= 4 is 21.6 Å². The molecule has 2 fully saturated rings. The van der Waals surface area contributed by atoms with Crippen molar-refractivity contribution in [1.29, 1.82) is 0 Å². The van der Waals surface area contributed by atoms with E-state index in [2.05, 4.69) is 11.8 Å². The van der Waals surface area contributed by atoms with Crippen LogP contribution < -0.4 is 5.73 Å². The molecule has 2 N–H and O–H groups in total. The summed E-state index contributed by atoms with van der Waals surface area (Å²) in [4.78, 5) is 2.18. The summed E-state index contributed by atoms with van der Waals surface area (Å²) in [5, 5.41) is -0.403. The highest BCUT2D eigenvalue weighted by Crippen LogP contribution is 2.37. The zero-order valence-electron chi connectivity index (χ0n) is 13.1. The fraction of sp³-hybridized carbons (Fsp3) is 1.00. The second-order valence-corrected chi connectivity index (χ2v) is 9.57. The Kier molecular flexibility index (Phi) is 5.99. The second kappa shape index (κ2) is 7.17. The van der Waals surface area contributed by atoms with Gasteiger partial charge in [-0.05, 0) is 19.3 Å². The molecule has 0 spiro atoms. The minimum Gasteiger partial charge on any atom is -0.378 e. The minimum absolute atomic E-state index is 0.210. The van der Waals surface area contributed by atoms with Gasteiger partial charge in [-0.15, -0.1) is 0 Å². The zero-order chi connectivity index (χ0) is 15.5. The van der Waals surface area contributed by atoms with Gasteiger partial charge in [0.2, 0.25) is 0 Å². The molecule has 2 saturated heterocycles.